The lowest BCUT2D eigenvalue weighted by atomic mass is 9.97. The van der Waals surface area contributed by atoms with Gasteiger partial charge in [0.2, 0.25) is 0 Å². The molecule has 1 heteroatoms. The van der Waals surface area contributed by atoms with Gasteiger partial charge in [-0.05, 0) is 50.5 Å². The SMILES string of the molecule is CC#CC(C)Cc1ccc(OCC)cc1C. The Morgan fingerprint density at radius 2 is 2.12 bits per heavy atom. The molecule has 0 N–H and O–H groups in total. The van der Waals surface area contributed by atoms with Crippen molar-refractivity contribution in [2.45, 2.75) is 34.1 Å². The van der Waals surface area contributed by atoms with Crippen molar-refractivity contribution in [3.63, 3.8) is 0 Å². The normalized spacial score (nSPS) is 11.5. The van der Waals surface area contributed by atoms with Crippen LogP contribution in [0.1, 0.15) is 31.9 Å². The summed E-state index contributed by atoms with van der Waals surface area (Å²) in [5.74, 6) is 7.52. The molecule has 0 saturated carbocycles. The van der Waals surface area contributed by atoms with Gasteiger partial charge in [0.05, 0.1) is 6.61 Å². The lowest BCUT2D eigenvalue weighted by Gasteiger charge is -2.10. The molecule has 0 spiro atoms. The maximum atomic E-state index is 5.47. The van der Waals surface area contributed by atoms with E-state index in [2.05, 4.69) is 37.8 Å². The van der Waals surface area contributed by atoms with Gasteiger partial charge in [0, 0.05) is 5.92 Å². The number of aryl methyl sites for hydroxylation is 1. The minimum atomic E-state index is 0.418. The highest BCUT2D eigenvalue weighted by molar-refractivity contribution is 5.35. The molecule has 0 bridgehead atoms. The van der Waals surface area contributed by atoms with Crippen LogP contribution in [0.25, 0.3) is 0 Å². The number of rotatable bonds is 4. The van der Waals surface area contributed by atoms with Gasteiger partial charge in [-0.2, -0.15) is 0 Å². The van der Waals surface area contributed by atoms with E-state index in [0.717, 1.165) is 18.8 Å². The van der Waals surface area contributed by atoms with Crippen molar-refractivity contribution < 1.29 is 4.74 Å². The van der Waals surface area contributed by atoms with Gasteiger partial charge in [-0.15, -0.1) is 11.8 Å². The Kier molecular flexibility index (Phi) is 4.92. The van der Waals surface area contributed by atoms with Crippen molar-refractivity contribution >= 4 is 0 Å². The molecule has 1 atom stereocenters. The fraction of sp³-hybridized carbons (Fsp3) is 0.467. The maximum absolute atomic E-state index is 5.47. The van der Waals surface area contributed by atoms with Crippen LogP contribution >= 0.6 is 0 Å². The summed E-state index contributed by atoms with van der Waals surface area (Å²) in [7, 11) is 0. The monoisotopic (exact) mass is 216 g/mol. The van der Waals surface area contributed by atoms with Crippen LogP contribution in [0.2, 0.25) is 0 Å². The second-order valence-electron chi connectivity index (χ2n) is 4.02. The van der Waals surface area contributed by atoms with Crippen LogP contribution in [0, 0.1) is 24.7 Å². The van der Waals surface area contributed by atoms with Gasteiger partial charge < -0.3 is 4.74 Å². The molecule has 0 aliphatic carbocycles. The van der Waals surface area contributed by atoms with Crippen LogP contribution in [-0.2, 0) is 6.42 Å². The highest BCUT2D eigenvalue weighted by Gasteiger charge is 2.04. The molecule has 0 heterocycles. The number of hydrogen-bond acceptors (Lipinski definition) is 1. The Labute approximate surface area is 98.8 Å². The molecule has 0 aromatic heterocycles. The summed E-state index contributed by atoms with van der Waals surface area (Å²) in [5, 5.41) is 0. The second kappa shape index (κ2) is 6.23. The Morgan fingerprint density at radius 1 is 1.38 bits per heavy atom. The molecule has 1 nitrogen and oxygen atoms in total. The standard InChI is InChI=1S/C15H20O/c1-5-7-12(3)10-14-8-9-15(16-6-2)11-13(14)4/h8-9,11-12H,6,10H2,1-4H3. The third-order valence-electron chi connectivity index (χ3n) is 2.54. The largest absolute Gasteiger partial charge is 0.494 e. The molecule has 0 amide bonds. The molecular formula is C15H20O. The van der Waals surface area contributed by atoms with Crippen molar-refractivity contribution in [2.24, 2.45) is 5.92 Å². The summed E-state index contributed by atoms with van der Waals surface area (Å²) >= 11 is 0. The van der Waals surface area contributed by atoms with Crippen molar-refractivity contribution in [2.75, 3.05) is 6.61 Å². The van der Waals surface area contributed by atoms with Gasteiger partial charge >= 0.3 is 0 Å². The summed E-state index contributed by atoms with van der Waals surface area (Å²) in [6, 6.07) is 6.29. The minimum absolute atomic E-state index is 0.418. The van der Waals surface area contributed by atoms with Gasteiger partial charge in [0.1, 0.15) is 5.75 Å². The zero-order chi connectivity index (χ0) is 12.0. The lowest BCUT2D eigenvalue weighted by Crippen LogP contribution is -2.00. The summed E-state index contributed by atoms with van der Waals surface area (Å²) < 4.78 is 5.47. The smallest absolute Gasteiger partial charge is 0.119 e. The van der Waals surface area contributed by atoms with E-state index in [4.69, 9.17) is 4.74 Å². The fourth-order valence-corrected chi connectivity index (χ4v) is 1.78. The summed E-state index contributed by atoms with van der Waals surface area (Å²) in [4.78, 5) is 0. The average molecular weight is 216 g/mol. The second-order valence-corrected chi connectivity index (χ2v) is 4.02. The first-order valence-corrected chi connectivity index (χ1v) is 5.82. The molecule has 1 aromatic carbocycles. The zero-order valence-electron chi connectivity index (χ0n) is 10.6. The van der Waals surface area contributed by atoms with E-state index in [-0.39, 0.29) is 0 Å². The first kappa shape index (κ1) is 12.6. The molecular weight excluding hydrogens is 196 g/mol. The highest BCUT2D eigenvalue weighted by atomic mass is 16.5. The van der Waals surface area contributed by atoms with Crippen molar-refractivity contribution in [1.29, 1.82) is 0 Å². The predicted molar refractivity (Wildman–Crippen MR) is 68.7 cm³/mol. The maximum Gasteiger partial charge on any atom is 0.119 e. The van der Waals surface area contributed by atoms with E-state index >= 15 is 0 Å². The molecule has 1 rings (SSSR count). The molecule has 16 heavy (non-hydrogen) atoms. The summed E-state index contributed by atoms with van der Waals surface area (Å²) in [6.45, 7) is 8.90. The highest BCUT2D eigenvalue weighted by Crippen LogP contribution is 2.19. The van der Waals surface area contributed by atoms with Crippen LogP contribution in [0.3, 0.4) is 0 Å². The zero-order valence-corrected chi connectivity index (χ0v) is 10.6. The van der Waals surface area contributed by atoms with Crippen LogP contribution < -0.4 is 4.74 Å². The van der Waals surface area contributed by atoms with Crippen molar-refractivity contribution in [3.05, 3.63) is 29.3 Å². The topological polar surface area (TPSA) is 9.23 Å². The molecule has 0 fully saturated rings. The van der Waals surface area contributed by atoms with E-state index in [1.807, 2.05) is 19.9 Å². The van der Waals surface area contributed by atoms with Crippen LogP contribution in [0.15, 0.2) is 18.2 Å². The van der Waals surface area contributed by atoms with Gasteiger partial charge in [-0.3, -0.25) is 0 Å². The van der Waals surface area contributed by atoms with Gasteiger partial charge in [0.25, 0.3) is 0 Å². The molecule has 0 saturated heterocycles. The fourth-order valence-electron chi connectivity index (χ4n) is 1.78. The van der Waals surface area contributed by atoms with E-state index in [0.29, 0.717) is 5.92 Å². The Hall–Kier alpha value is -1.42. The van der Waals surface area contributed by atoms with Crippen molar-refractivity contribution in [3.8, 4) is 17.6 Å². The Balaban J connectivity index is 2.77. The van der Waals surface area contributed by atoms with Crippen molar-refractivity contribution in [1.82, 2.24) is 0 Å². The minimum Gasteiger partial charge on any atom is -0.494 e. The summed E-state index contributed by atoms with van der Waals surface area (Å²) in [6.07, 6.45) is 1.01. The van der Waals surface area contributed by atoms with E-state index in [9.17, 15) is 0 Å². The predicted octanol–water partition coefficient (Wildman–Crippen LogP) is 3.60. The molecule has 0 aliphatic heterocycles. The van der Waals surface area contributed by atoms with E-state index in [1.54, 1.807) is 0 Å². The third-order valence-corrected chi connectivity index (χ3v) is 2.54. The molecule has 0 radical (unpaired) electrons. The van der Waals surface area contributed by atoms with Crippen LogP contribution in [0.5, 0.6) is 5.75 Å². The number of benzene rings is 1. The first-order valence-electron chi connectivity index (χ1n) is 5.82. The summed E-state index contributed by atoms with van der Waals surface area (Å²) in [5.41, 5.74) is 2.65. The Bertz CT molecular complexity index is 396. The van der Waals surface area contributed by atoms with Crippen LogP contribution in [-0.4, -0.2) is 6.61 Å². The number of hydrogen-bond donors (Lipinski definition) is 0. The number of ether oxygens (including phenoxy) is 1. The van der Waals surface area contributed by atoms with E-state index in [1.165, 1.54) is 11.1 Å². The average Bonchev–Trinajstić information content (AvgIpc) is 2.23. The third kappa shape index (κ3) is 3.62. The van der Waals surface area contributed by atoms with Gasteiger partial charge in [-0.1, -0.05) is 13.0 Å². The first-order chi connectivity index (χ1) is 7.67. The molecule has 1 unspecified atom stereocenters. The van der Waals surface area contributed by atoms with Crippen LogP contribution in [0.4, 0.5) is 0 Å². The van der Waals surface area contributed by atoms with Gasteiger partial charge in [-0.25, -0.2) is 0 Å². The molecule has 1 aromatic rings. The van der Waals surface area contributed by atoms with Gasteiger partial charge in [0.15, 0.2) is 0 Å². The molecule has 0 aliphatic rings. The Morgan fingerprint density at radius 3 is 2.69 bits per heavy atom. The lowest BCUT2D eigenvalue weighted by molar-refractivity contribution is 0.340. The van der Waals surface area contributed by atoms with E-state index < -0.39 is 0 Å². The molecule has 86 valence electrons. The quantitative estimate of drug-likeness (QED) is 0.699.